The first kappa shape index (κ1) is 24.0. The van der Waals surface area contributed by atoms with Crippen molar-refractivity contribution in [1.82, 2.24) is 25.3 Å². The van der Waals surface area contributed by atoms with E-state index in [1.807, 2.05) is 37.3 Å². The normalized spacial score (nSPS) is 22.0. The molecule has 1 aromatic heterocycles. The lowest BCUT2D eigenvalue weighted by molar-refractivity contribution is -0.133. The molecule has 0 spiro atoms. The summed E-state index contributed by atoms with van der Waals surface area (Å²) < 4.78 is 1.50. The fourth-order valence-electron chi connectivity index (χ4n) is 4.84. The van der Waals surface area contributed by atoms with E-state index in [0.29, 0.717) is 12.2 Å². The van der Waals surface area contributed by atoms with Gasteiger partial charge in [-0.2, -0.15) is 5.10 Å². The van der Waals surface area contributed by atoms with Gasteiger partial charge in [0, 0.05) is 25.7 Å². The third-order valence-electron chi connectivity index (χ3n) is 7.35. The number of carbonyl (C=O) groups is 3. The summed E-state index contributed by atoms with van der Waals surface area (Å²) in [5.41, 5.74) is 0.575. The minimum atomic E-state index is -1.07. The van der Waals surface area contributed by atoms with Crippen LogP contribution in [0.2, 0.25) is 0 Å². The summed E-state index contributed by atoms with van der Waals surface area (Å²) in [5, 5.41) is 10.5. The fourth-order valence-corrected chi connectivity index (χ4v) is 4.84. The van der Waals surface area contributed by atoms with Crippen molar-refractivity contribution in [2.24, 2.45) is 0 Å². The minimum Gasteiger partial charge on any atom is -0.351 e. The molecule has 1 aliphatic heterocycles. The molecule has 8 heteroatoms. The SMILES string of the molecule is C[C@@H](CNC(=O)c1cc2n(n1)C[C@@](C)(C(=O)NC1CCCCCC1)N(C)C2=O)c1ccccc1. The Morgan fingerprint density at radius 1 is 1.15 bits per heavy atom. The summed E-state index contributed by atoms with van der Waals surface area (Å²) in [7, 11) is 1.65. The van der Waals surface area contributed by atoms with E-state index in [4.69, 9.17) is 0 Å². The van der Waals surface area contributed by atoms with E-state index in [0.717, 1.165) is 31.2 Å². The summed E-state index contributed by atoms with van der Waals surface area (Å²) in [6, 6.07) is 11.6. The standard InChI is InChI=1S/C26H35N5O3/c1-18(19-11-7-6-8-12-19)16-27-23(32)21-15-22-24(33)30(3)26(2,17-31(22)29-21)25(34)28-20-13-9-4-5-10-14-20/h6-8,11-12,15,18,20H,4-5,9-10,13-14,16-17H2,1-3H3,(H,27,32)(H,28,34)/t18-,26-/m0/s1. The topological polar surface area (TPSA) is 96.3 Å². The smallest absolute Gasteiger partial charge is 0.272 e. The van der Waals surface area contributed by atoms with E-state index < -0.39 is 5.54 Å². The third-order valence-corrected chi connectivity index (χ3v) is 7.35. The number of amides is 3. The Kier molecular flexibility index (Phi) is 7.05. The van der Waals surface area contributed by atoms with Crippen molar-refractivity contribution in [3.8, 4) is 0 Å². The van der Waals surface area contributed by atoms with Crippen LogP contribution in [0, 0.1) is 0 Å². The van der Waals surface area contributed by atoms with Gasteiger partial charge in [0.15, 0.2) is 5.69 Å². The molecule has 0 unspecified atom stereocenters. The Morgan fingerprint density at radius 2 is 1.82 bits per heavy atom. The second-order valence-electron chi connectivity index (χ2n) is 9.89. The molecular weight excluding hydrogens is 430 g/mol. The Bertz CT molecular complexity index is 1040. The lowest BCUT2D eigenvalue weighted by Gasteiger charge is -2.41. The predicted molar refractivity (Wildman–Crippen MR) is 130 cm³/mol. The number of likely N-dealkylation sites (N-methyl/N-ethyl adjacent to an activating group) is 1. The average Bonchev–Trinajstić information content (AvgIpc) is 3.09. The second kappa shape index (κ2) is 9.99. The number of benzene rings is 1. The first-order valence-corrected chi connectivity index (χ1v) is 12.3. The highest BCUT2D eigenvalue weighted by molar-refractivity contribution is 6.01. The number of nitrogens with zero attached hydrogens (tertiary/aromatic N) is 3. The number of aromatic nitrogens is 2. The molecule has 2 N–H and O–H groups in total. The molecule has 0 bridgehead atoms. The molecule has 1 aliphatic carbocycles. The maximum atomic E-state index is 13.3. The van der Waals surface area contributed by atoms with Gasteiger partial charge >= 0.3 is 0 Å². The Labute approximate surface area is 201 Å². The molecule has 3 amide bonds. The number of hydrogen-bond donors (Lipinski definition) is 2. The van der Waals surface area contributed by atoms with E-state index in [2.05, 4.69) is 15.7 Å². The molecule has 0 radical (unpaired) electrons. The molecular formula is C26H35N5O3. The van der Waals surface area contributed by atoms with Gasteiger partial charge in [-0.3, -0.25) is 19.1 Å². The van der Waals surface area contributed by atoms with E-state index in [1.165, 1.54) is 28.5 Å². The number of hydrogen-bond acceptors (Lipinski definition) is 4. The van der Waals surface area contributed by atoms with Crippen molar-refractivity contribution < 1.29 is 14.4 Å². The van der Waals surface area contributed by atoms with Crippen molar-refractivity contribution in [3.05, 3.63) is 53.3 Å². The van der Waals surface area contributed by atoms with E-state index in [1.54, 1.807) is 14.0 Å². The van der Waals surface area contributed by atoms with E-state index >= 15 is 0 Å². The molecule has 1 aromatic carbocycles. The van der Waals surface area contributed by atoms with Crippen molar-refractivity contribution in [1.29, 1.82) is 0 Å². The van der Waals surface area contributed by atoms with Crippen LogP contribution in [0.15, 0.2) is 36.4 Å². The molecule has 1 saturated carbocycles. The molecule has 2 aliphatic rings. The third kappa shape index (κ3) is 4.86. The van der Waals surface area contributed by atoms with Gasteiger partial charge in [0.1, 0.15) is 11.2 Å². The van der Waals surface area contributed by atoms with Crippen LogP contribution in [0.25, 0.3) is 0 Å². The van der Waals surface area contributed by atoms with Crippen LogP contribution in [0.4, 0.5) is 0 Å². The molecule has 2 atom stereocenters. The van der Waals surface area contributed by atoms with Crippen LogP contribution < -0.4 is 10.6 Å². The van der Waals surface area contributed by atoms with Crippen molar-refractivity contribution in [2.75, 3.05) is 13.6 Å². The molecule has 1 fully saturated rings. The zero-order chi connectivity index (χ0) is 24.3. The highest BCUT2D eigenvalue weighted by Crippen LogP contribution is 2.27. The van der Waals surface area contributed by atoms with Gasteiger partial charge in [-0.15, -0.1) is 0 Å². The second-order valence-corrected chi connectivity index (χ2v) is 9.89. The Hall–Kier alpha value is -3.16. The molecule has 182 valence electrons. The molecule has 34 heavy (non-hydrogen) atoms. The molecule has 2 heterocycles. The molecule has 4 rings (SSSR count). The van der Waals surface area contributed by atoms with Gasteiger partial charge in [-0.05, 0) is 31.2 Å². The summed E-state index contributed by atoms with van der Waals surface area (Å²) >= 11 is 0. The number of nitrogens with one attached hydrogen (secondary N) is 2. The lowest BCUT2D eigenvalue weighted by Crippen LogP contribution is -2.63. The summed E-state index contributed by atoms with van der Waals surface area (Å²) in [6.45, 7) is 4.48. The van der Waals surface area contributed by atoms with Crippen LogP contribution in [0.5, 0.6) is 0 Å². The quantitative estimate of drug-likeness (QED) is 0.641. The number of fused-ring (bicyclic) bond motifs is 1. The highest BCUT2D eigenvalue weighted by Gasteiger charge is 2.46. The number of carbonyl (C=O) groups excluding carboxylic acids is 3. The van der Waals surface area contributed by atoms with E-state index in [-0.39, 0.29) is 41.9 Å². The summed E-state index contributed by atoms with van der Waals surface area (Å²) in [5.74, 6) is -0.663. The van der Waals surface area contributed by atoms with Gasteiger partial charge in [0.2, 0.25) is 5.91 Å². The maximum Gasteiger partial charge on any atom is 0.272 e. The maximum absolute atomic E-state index is 13.3. The summed E-state index contributed by atoms with van der Waals surface area (Å²) in [6.07, 6.45) is 6.57. The van der Waals surface area contributed by atoms with Gasteiger partial charge in [-0.1, -0.05) is 62.9 Å². The number of rotatable bonds is 6. The molecule has 2 aromatic rings. The van der Waals surface area contributed by atoms with Crippen molar-refractivity contribution >= 4 is 17.7 Å². The lowest BCUT2D eigenvalue weighted by atomic mass is 9.95. The zero-order valence-electron chi connectivity index (χ0n) is 20.3. The minimum absolute atomic E-state index is 0.141. The van der Waals surface area contributed by atoms with E-state index in [9.17, 15) is 14.4 Å². The monoisotopic (exact) mass is 465 g/mol. The van der Waals surface area contributed by atoms with Gasteiger partial charge < -0.3 is 15.5 Å². The van der Waals surface area contributed by atoms with Crippen LogP contribution in [-0.4, -0.2) is 57.6 Å². The van der Waals surface area contributed by atoms with Crippen molar-refractivity contribution in [3.63, 3.8) is 0 Å². The van der Waals surface area contributed by atoms with Crippen LogP contribution in [0.1, 0.15) is 84.8 Å². The van der Waals surface area contributed by atoms with Gasteiger partial charge in [-0.25, -0.2) is 0 Å². The predicted octanol–water partition coefficient (Wildman–Crippen LogP) is 3.10. The van der Waals surface area contributed by atoms with Crippen molar-refractivity contribution in [2.45, 2.75) is 76.4 Å². The highest BCUT2D eigenvalue weighted by atomic mass is 16.2. The summed E-state index contributed by atoms with van der Waals surface area (Å²) in [4.78, 5) is 40.7. The van der Waals surface area contributed by atoms with Gasteiger partial charge in [0.25, 0.3) is 11.8 Å². The Balaban J connectivity index is 1.44. The zero-order valence-corrected chi connectivity index (χ0v) is 20.3. The van der Waals surface area contributed by atoms with Gasteiger partial charge in [0.05, 0.1) is 6.54 Å². The van der Waals surface area contributed by atoms with Crippen LogP contribution in [0.3, 0.4) is 0 Å². The molecule has 8 nitrogen and oxygen atoms in total. The van der Waals surface area contributed by atoms with Crippen LogP contribution >= 0.6 is 0 Å². The largest absolute Gasteiger partial charge is 0.351 e. The average molecular weight is 466 g/mol. The van der Waals surface area contributed by atoms with Crippen LogP contribution in [-0.2, 0) is 11.3 Å². The molecule has 0 saturated heterocycles. The fraction of sp³-hybridized carbons (Fsp3) is 0.538. The first-order valence-electron chi connectivity index (χ1n) is 12.3. The Morgan fingerprint density at radius 3 is 2.50 bits per heavy atom. The first-order chi connectivity index (χ1) is 16.3.